The third-order valence-corrected chi connectivity index (χ3v) is 5.36. The minimum atomic E-state index is 0.0734. The van der Waals surface area contributed by atoms with Crippen LogP contribution < -0.4 is 10.6 Å². The second kappa shape index (κ2) is 12.0. The van der Waals surface area contributed by atoms with Gasteiger partial charge in [0.2, 0.25) is 0 Å². The lowest BCUT2D eigenvalue weighted by molar-refractivity contribution is -0.0586. The Morgan fingerprint density at radius 3 is 2.46 bits per heavy atom. The first-order valence-corrected chi connectivity index (χ1v) is 11.4. The number of unbranched alkanes of at least 4 members (excludes halogenated alkanes) is 1. The molecule has 1 aromatic carbocycles. The molecule has 1 aliphatic heterocycles. The first kappa shape index (κ1) is 22.6. The van der Waals surface area contributed by atoms with E-state index in [1.807, 2.05) is 54.8 Å². The minimum absolute atomic E-state index is 0.0734. The molecule has 2 unspecified atom stereocenters. The van der Waals surface area contributed by atoms with Gasteiger partial charge < -0.3 is 20.3 Å². The number of thioether (sulfide) groups is 1. The number of nitrogens with one attached hydrogen (secondary N) is 2. The summed E-state index contributed by atoms with van der Waals surface area (Å²) in [5, 5.41) is 6.66. The van der Waals surface area contributed by atoms with Gasteiger partial charge in [0, 0.05) is 38.8 Å². The zero-order valence-electron chi connectivity index (χ0n) is 17.5. The van der Waals surface area contributed by atoms with Gasteiger partial charge in [-0.15, -0.1) is 0 Å². The van der Waals surface area contributed by atoms with Gasteiger partial charge in [-0.2, -0.15) is 11.8 Å². The van der Waals surface area contributed by atoms with Crippen molar-refractivity contribution < 1.29 is 9.53 Å². The first-order valence-electron chi connectivity index (χ1n) is 10.0. The van der Waals surface area contributed by atoms with Crippen LogP contribution in [0.25, 0.3) is 0 Å². The van der Waals surface area contributed by atoms with Gasteiger partial charge in [-0.1, -0.05) is 12.1 Å². The normalized spacial score (nSPS) is 20.1. The van der Waals surface area contributed by atoms with E-state index in [9.17, 15) is 4.79 Å². The van der Waals surface area contributed by atoms with Gasteiger partial charge in [0.05, 0.1) is 12.2 Å². The molecule has 6 nitrogen and oxygen atoms in total. The van der Waals surface area contributed by atoms with E-state index in [2.05, 4.69) is 21.9 Å². The summed E-state index contributed by atoms with van der Waals surface area (Å²) < 4.78 is 5.71. The lowest BCUT2D eigenvalue weighted by Gasteiger charge is -2.35. The van der Waals surface area contributed by atoms with Crippen LogP contribution in [0.1, 0.15) is 42.6 Å². The summed E-state index contributed by atoms with van der Waals surface area (Å²) in [7, 11) is 1.78. The minimum Gasteiger partial charge on any atom is -0.372 e. The number of guanidine groups is 1. The number of amides is 1. The topological polar surface area (TPSA) is 66.0 Å². The SMILES string of the molecule is CN=C(NCCCCSC)NCc1ccc(C(=O)N2CC(C)OC(C)C2)cc1. The number of carbonyl (C=O) groups is 1. The van der Waals surface area contributed by atoms with Gasteiger partial charge in [-0.3, -0.25) is 9.79 Å². The Bertz CT molecular complexity index is 626. The zero-order valence-corrected chi connectivity index (χ0v) is 18.3. The van der Waals surface area contributed by atoms with Gasteiger partial charge >= 0.3 is 0 Å². The largest absolute Gasteiger partial charge is 0.372 e. The fraction of sp³-hybridized carbons (Fsp3) is 0.619. The van der Waals surface area contributed by atoms with Crippen LogP contribution in [0.3, 0.4) is 0 Å². The van der Waals surface area contributed by atoms with Gasteiger partial charge in [0.25, 0.3) is 5.91 Å². The molecule has 1 saturated heterocycles. The lowest BCUT2D eigenvalue weighted by atomic mass is 10.1. The van der Waals surface area contributed by atoms with Gasteiger partial charge in [-0.25, -0.2) is 0 Å². The number of aliphatic imine (C=N–C) groups is 1. The molecular formula is C21H34N4O2S. The highest BCUT2D eigenvalue weighted by Crippen LogP contribution is 2.15. The Hall–Kier alpha value is -1.73. The molecule has 0 saturated carbocycles. The van der Waals surface area contributed by atoms with Crippen LogP contribution in [-0.4, -0.2) is 67.7 Å². The average molecular weight is 407 g/mol. The molecular weight excluding hydrogens is 372 g/mol. The summed E-state index contributed by atoms with van der Waals surface area (Å²) >= 11 is 1.88. The van der Waals surface area contributed by atoms with Crippen molar-refractivity contribution in [3.8, 4) is 0 Å². The first-order chi connectivity index (χ1) is 13.5. The highest BCUT2D eigenvalue weighted by atomic mass is 32.2. The Morgan fingerprint density at radius 1 is 1.18 bits per heavy atom. The molecule has 1 heterocycles. The standard InChI is InChI=1S/C21H34N4O2S/c1-16-14-25(15-17(2)27-16)20(26)19-9-7-18(8-10-19)13-24-21(22-3)23-11-5-6-12-28-4/h7-10,16-17H,5-6,11-15H2,1-4H3,(H2,22,23,24). The third-order valence-electron chi connectivity index (χ3n) is 4.66. The molecule has 0 bridgehead atoms. The summed E-state index contributed by atoms with van der Waals surface area (Å²) in [6, 6.07) is 7.81. The Labute approximate surface area is 173 Å². The van der Waals surface area contributed by atoms with E-state index >= 15 is 0 Å². The summed E-state index contributed by atoms with van der Waals surface area (Å²) in [6.07, 6.45) is 4.64. The number of hydrogen-bond donors (Lipinski definition) is 2. The van der Waals surface area contributed by atoms with E-state index in [0.29, 0.717) is 19.6 Å². The van der Waals surface area contributed by atoms with Gasteiger partial charge in [0.15, 0.2) is 5.96 Å². The lowest BCUT2D eigenvalue weighted by Crippen LogP contribution is -2.48. The Balaban J connectivity index is 1.81. The maximum absolute atomic E-state index is 12.7. The molecule has 28 heavy (non-hydrogen) atoms. The fourth-order valence-electron chi connectivity index (χ4n) is 3.28. The molecule has 156 valence electrons. The van der Waals surface area contributed by atoms with E-state index in [0.717, 1.165) is 30.1 Å². The van der Waals surface area contributed by atoms with Gasteiger partial charge in [0.1, 0.15) is 0 Å². The van der Waals surface area contributed by atoms with Crippen molar-refractivity contribution in [2.75, 3.05) is 38.7 Å². The van der Waals surface area contributed by atoms with Crippen molar-refractivity contribution in [1.82, 2.24) is 15.5 Å². The molecule has 0 spiro atoms. The molecule has 1 fully saturated rings. The molecule has 1 amide bonds. The summed E-state index contributed by atoms with van der Waals surface area (Å²) in [4.78, 5) is 18.9. The average Bonchev–Trinajstić information content (AvgIpc) is 2.69. The summed E-state index contributed by atoms with van der Waals surface area (Å²) in [6.45, 7) is 6.90. The maximum atomic E-state index is 12.7. The van der Waals surface area contributed by atoms with Crippen LogP contribution in [0.2, 0.25) is 0 Å². The van der Waals surface area contributed by atoms with Crippen molar-refractivity contribution in [3.63, 3.8) is 0 Å². The Morgan fingerprint density at radius 2 is 1.86 bits per heavy atom. The number of hydrogen-bond acceptors (Lipinski definition) is 4. The highest BCUT2D eigenvalue weighted by molar-refractivity contribution is 7.98. The smallest absolute Gasteiger partial charge is 0.254 e. The van der Waals surface area contributed by atoms with Gasteiger partial charge in [-0.05, 0) is 56.4 Å². The molecule has 1 aromatic rings. The van der Waals surface area contributed by atoms with Crippen molar-refractivity contribution in [3.05, 3.63) is 35.4 Å². The number of rotatable bonds is 8. The van der Waals surface area contributed by atoms with Crippen molar-refractivity contribution in [2.45, 2.75) is 45.4 Å². The number of morpholine rings is 1. The monoisotopic (exact) mass is 406 g/mol. The summed E-state index contributed by atoms with van der Waals surface area (Å²) in [5.74, 6) is 2.07. The number of benzene rings is 1. The molecule has 1 aliphatic rings. The van der Waals surface area contributed by atoms with E-state index in [4.69, 9.17) is 4.74 Å². The van der Waals surface area contributed by atoms with Crippen LogP contribution in [0.5, 0.6) is 0 Å². The van der Waals surface area contributed by atoms with Crippen LogP contribution >= 0.6 is 11.8 Å². The molecule has 0 aromatic heterocycles. The predicted octanol–water partition coefficient (Wildman–Crippen LogP) is 2.74. The Kier molecular flexibility index (Phi) is 9.64. The predicted molar refractivity (Wildman–Crippen MR) is 118 cm³/mol. The molecule has 7 heteroatoms. The van der Waals surface area contributed by atoms with E-state index in [1.165, 1.54) is 12.2 Å². The number of ether oxygens (including phenoxy) is 1. The molecule has 2 N–H and O–H groups in total. The second-order valence-corrected chi connectivity index (χ2v) is 8.20. The van der Waals surface area contributed by atoms with Crippen molar-refractivity contribution >= 4 is 23.6 Å². The maximum Gasteiger partial charge on any atom is 0.254 e. The molecule has 2 rings (SSSR count). The fourth-order valence-corrected chi connectivity index (χ4v) is 3.77. The second-order valence-electron chi connectivity index (χ2n) is 7.22. The van der Waals surface area contributed by atoms with Crippen molar-refractivity contribution in [1.29, 1.82) is 0 Å². The van der Waals surface area contributed by atoms with E-state index in [1.54, 1.807) is 7.05 Å². The summed E-state index contributed by atoms with van der Waals surface area (Å²) in [5.41, 5.74) is 1.84. The van der Waals surface area contributed by atoms with Crippen molar-refractivity contribution in [2.24, 2.45) is 4.99 Å². The van der Waals surface area contributed by atoms with Crippen LogP contribution in [0, 0.1) is 0 Å². The van der Waals surface area contributed by atoms with Crippen LogP contribution in [0.4, 0.5) is 0 Å². The van der Waals surface area contributed by atoms with Crippen LogP contribution in [0.15, 0.2) is 29.3 Å². The number of carbonyl (C=O) groups excluding carboxylic acids is 1. The molecule has 2 atom stereocenters. The molecule has 0 radical (unpaired) electrons. The quantitative estimate of drug-likeness (QED) is 0.395. The zero-order chi connectivity index (χ0) is 20.4. The van der Waals surface area contributed by atoms with E-state index in [-0.39, 0.29) is 18.1 Å². The molecule has 0 aliphatic carbocycles. The highest BCUT2D eigenvalue weighted by Gasteiger charge is 2.26. The van der Waals surface area contributed by atoms with E-state index < -0.39 is 0 Å². The van der Waals surface area contributed by atoms with Crippen LogP contribution in [-0.2, 0) is 11.3 Å². The third kappa shape index (κ3) is 7.36. The number of nitrogens with zero attached hydrogens (tertiary/aromatic N) is 2.